The predicted molar refractivity (Wildman–Crippen MR) is 111 cm³/mol. The Hall–Kier alpha value is -2.94. The molecule has 2 aromatic heterocycles. The van der Waals surface area contributed by atoms with Gasteiger partial charge in [-0.1, -0.05) is 6.07 Å². The third-order valence-corrected chi connectivity index (χ3v) is 6.25. The van der Waals surface area contributed by atoms with Crippen molar-refractivity contribution in [1.82, 2.24) is 19.4 Å². The maximum absolute atomic E-state index is 13.0. The smallest absolute Gasteiger partial charge is 0.370 e. The molecule has 9 heteroatoms. The second kappa shape index (κ2) is 8.20. The van der Waals surface area contributed by atoms with Crippen LogP contribution in [0.2, 0.25) is 0 Å². The zero-order valence-electron chi connectivity index (χ0n) is 17.4. The van der Waals surface area contributed by atoms with Crippen molar-refractivity contribution in [2.75, 3.05) is 19.7 Å². The summed E-state index contributed by atoms with van der Waals surface area (Å²) in [6, 6.07) is 8.51. The Morgan fingerprint density at radius 1 is 1.09 bits per heavy atom. The Balaban J connectivity index is 1.36. The number of halogens is 3. The summed E-state index contributed by atoms with van der Waals surface area (Å²) in [5.41, 5.74) is 0.879. The number of piperidine rings is 1. The molecule has 1 aromatic carbocycles. The summed E-state index contributed by atoms with van der Waals surface area (Å²) in [4.78, 5) is 23.8. The number of rotatable bonds is 3. The highest BCUT2D eigenvalue weighted by atomic mass is 19.4. The molecular formula is C23H23F3N4O2. The molecule has 0 saturated carbocycles. The zero-order valence-corrected chi connectivity index (χ0v) is 17.4. The van der Waals surface area contributed by atoms with Crippen LogP contribution >= 0.6 is 0 Å². The molecule has 0 aliphatic carbocycles. The van der Waals surface area contributed by atoms with Crippen LogP contribution in [0.4, 0.5) is 13.2 Å². The Kier molecular flexibility index (Phi) is 5.36. The normalized spacial score (nSPS) is 20.2. The van der Waals surface area contributed by atoms with Crippen LogP contribution in [0.3, 0.4) is 0 Å². The fraction of sp³-hybridized carbons (Fsp3) is 0.435. The van der Waals surface area contributed by atoms with Gasteiger partial charge < -0.3 is 14.2 Å². The van der Waals surface area contributed by atoms with E-state index < -0.39 is 11.7 Å². The van der Waals surface area contributed by atoms with Gasteiger partial charge in [-0.3, -0.25) is 4.79 Å². The maximum atomic E-state index is 13.0. The van der Waals surface area contributed by atoms with Crippen LogP contribution in [0, 0.1) is 0 Å². The van der Waals surface area contributed by atoms with Crippen LogP contribution in [0.1, 0.15) is 59.6 Å². The molecule has 5 rings (SSSR count). The Bertz CT molecular complexity index is 1130. The van der Waals surface area contributed by atoms with E-state index >= 15 is 0 Å². The van der Waals surface area contributed by atoms with Crippen molar-refractivity contribution in [3.05, 3.63) is 59.5 Å². The molecule has 168 valence electrons. The highest BCUT2D eigenvalue weighted by Crippen LogP contribution is 2.35. The molecule has 0 bridgehead atoms. The first kappa shape index (κ1) is 20.9. The van der Waals surface area contributed by atoms with E-state index in [4.69, 9.17) is 9.72 Å². The first-order valence-electron chi connectivity index (χ1n) is 10.8. The van der Waals surface area contributed by atoms with E-state index in [-0.39, 0.29) is 23.6 Å². The van der Waals surface area contributed by atoms with Gasteiger partial charge in [-0.05, 0) is 56.0 Å². The van der Waals surface area contributed by atoms with Gasteiger partial charge in [0.2, 0.25) is 0 Å². The lowest BCUT2D eigenvalue weighted by Crippen LogP contribution is -2.39. The van der Waals surface area contributed by atoms with Crippen molar-refractivity contribution in [2.24, 2.45) is 0 Å². The number of carbonyl (C=O) groups excluding carboxylic acids is 1. The molecule has 32 heavy (non-hydrogen) atoms. The number of ether oxygens (including phenoxy) is 1. The van der Waals surface area contributed by atoms with Gasteiger partial charge in [0.05, 0.1) is 5.56 Å². The molecule has 6 nitrogen and oxygen atoms in total. The Labute approximate surface area is 183 Å². The minimum Gasteiger partial charge on any atom is -0.370 e. The monoisotopic (exact) mass is 444 g/mol. The topological polar surface area (TPSA) is 60.2 Å². The number of likely N-dealkylation sites (tertiary alicyclic amines) is 1. The number of hydrogen-bond donors (Lipinski definition) is 0. The molecule has 3 aromatic rings. The van der Waals surface area contributed by atoms with E-state index in [0.29, 0.717) is 32.5 Å². The minimum absolute atomic E-state index is 0.0611. The van der Waals surface area contributed by atoms with Crippen molar-refractivity contribution in [3.8, 4) is 0 Å². The summed E-state index contributed by atoms with van der Waals surface area (Å²) in [5, 5.41) is 0. The van der Waals surface area contributed by atoms with Crippen molar-refractivity contribution >= 4 is 17.1 Å². The number of amides is 1. The highest BCUT2D eigenvalue weighted by Gasteiger charge is 2.33. The van der Waals surface area contributed by atoms with Crippen LogP contribution in [0.5, 0.6) is 0 Å². The van der Waals surface area contributed by atoms with Gasteiger partial charge in [-0.25, -0.2) is 9.97 Å². The average molecular weight is 444 g/mol. The van der Waals surface area contributed by atoms with Crippen LogP contribution in [0.25, 0.3) is 11.2 Å². The molecule has 1 unspecified atom stereocenters. The van der Waals surface area contributed by atoms with Gasteiger partial charge in [-0.2, -0.15) is 13.2 Å². The summed E-state index contributed by atoms with van der Waals surface area (Å²) in [5.74, 6) is 0.501. The number of pyridine rings is 1. The Morgan fingerprint density at radius 3 is 2.62 bits per heavy atom. The largest absolute Gasteiger partial charge is 0.416 e. The fourth-order valence-corrected chi connectivity index (χ4v) is 4.65. The quantitative estimate of drug-likeness (QED) is 0.584. The number of benzene rings is 1. The lowest BCUT2D eigenvalue weighted by molar-refractivity contribution is -0.137. The van der Waals surface area contributed by atoms with Gasteiger partial charge in [0, 0.05) is 37.5 Å². The third-order valence-electron chi connectivity index (χ3n) is 6.25. The lowest BCUT2D eigenvalue weighted by Gasteiger charge is -2.34. The van der Waals surface area contributed by atoms with Gasteiger partial charge in [0.1, 0.15) is 17.4 Å². The molecule has 0 spiro atoms. The first-order chi connectivity index (χ1) is 15.4. The van der Waals surface area contributed by atoms with Gasteiger partial charge in [0.25, 0.3) is 5.91 Å². The number of alkyl halides is 3. The summed E-state index contributed by atoms with van der Waals surface area (Å²) in [6.07, 6.45) is 0.457. The number of hydrogen-bond acceptors (Lipinski definition) is 4. The summed E-state index contributed by atoms with van der Waals surface area (Å²) in [6.45, 7) is 1.62. The molecule has 1 atom stereocenters. The van der Waals surface area contributed by atoms with E-state index in [2.05, 4.69) is 9.55 Å². The molecule has 2 fully saturated rings. The van der Waals surface area contributed by atoms with Crippen molar-refractivity contribution in [2.45, 2.75) is 44.0 Å². The van der Waals surface area contributed by atoms with Crippen LogP contribution < -0.4 is 0 Å². The van der Waals surface area contributed by atoms with Crippen LogP contribution in [-0.4, -0.2) is 45.0 Å². The molecule has 0 radical (unpaired) electrons. The second-order valence-corrected chi connectivity index (χ2v) is 8.29. The first-order valence-corrected chi connectivity index (χ1v) is 10.8. The molecule has 2 saturated heterocycles. The molecule has 2 aliphatic rings. The van der Waals surface area contributed by atoms with E-state index in [0.717, 1.165) is 42.0 Å². The number of aromatic nitrogens is 3. The van der Waals surface area contributed by atoms with E-state index in [1.807, 2.05) is 12.1 Å². The van der Waals surface area contributed by atoms with Crippen molar-refractivity contribution < 1.29 is 22.7 Å². The molecule has 1 amide bonds. The van der Waals surface area contributed by atoms with Crippen molar-refractivity contribution in [3.63, 3.8) is 0 Å². The standard InChI is InChI=1S/C23H23F3N4O2/c24-23(25,26)16-5-1-4-15(14-16)22(31)29-11-8-17(9-12-29)30-20-18(6-2-10-27-20)28-21(30)19-7-3-13-32-19/h1-2,4-6,10,14,17,19H,3,7-9,11-13H2. The van der Waals surface area contributed by atoms with Crippen LogP contribution in [-0.2, 0) is 10.9 Å². The summed E-state index contributed by atoms with van der Waals surface area (Å²) >= 11 is 0. The summed E-state index contributed by atoms with van der Waals surface area (Å²) < 4.78 is 47.1. The number of imidazole rings is 1. The minimum atomic E-state index is -4.47. The summed E-state index contributed by atoms with van der Waals surface area (Å²) in [7, 11) is 0. The molecule has 0 N–H and O–H groups in total. The lowest BCUT2D eigenvalue weighted by atomic mass is 10.0. The highest BCUT2D eigenvalue weighted by molar-refractivity contribution is 5.94. The van der Waals surface area contributed by atoms with E-state index in [1.54, 1.807) is 11.1 Å². The third kappa shape index (κ3) is 3.85. The van der Waals surface area contributed by atoms with E-state index in [1.165, 1.54) is 12.1 Å². The maximum Gasteiger partial charge on any atom is 0.416 e. The fourth-order valence-electron chi connectivity index (χ4n) is 4.65. The van der Waals surface area contributed by atoms with Crippen molar-refractivity contribution in [1.29, 1.82) is 0 Å². The van der Waals surface area contributed by atoms with Crippen LogP contribution in [0.15, 0.2) is 42.6 Å². The number of fused-ring (bicyclic) bond motifs is 1. The SMILES string of the molecule is O=C(c1cccc(C(F)(F)F)c1)N1CCC(n2c(C3CCCO3)nc3cccnc32)CC1. The predicted octanol–water partition coefficient (Wildman–Crippen LogP) is 4.78. The molecule has 4 heterocycles. The van der Waals surface area contributed by atoms with E-state index in [9.17, 15) is 18.0 Å². The second-order valence-electron chi connectivity index (χ2n) is 8.29. The van der Waals surface area contributed by atoms with Gasteiger partial charge >= 0.3 is 6.18 Å². The Morgan fingerprint density at radius 2 is 1.91 bits per heavy atom. The zero-order chi connectivity index (χ0) is 22.3. The molecule has 2 aliphatic heterocycles. The average Bonchev–Trinajstić information content (AvgIpc) is 3.46. The molecular weight excluding hydrogens is 421 g/mol. The number of carbonyl (C=O) groups is 1. The number of nitrogens with zero attached hydrogens (tertiary/aromatic N) is 4. The van der Waals surface area contributed by atoms with Gasteiger partial charge in [0.15, 0.2) is 5.65 Å². The van der Waals surface area contributed by atoms with Gasteiger partial charge in [-0.15, -0.1) is 0 Å².